The summed E-state index contributed by atoms with van der Waals surface area (Å²) in [7, 11) is -3.13. The highest BCUT2D eigenvalue weighted by Crippen LogP contribution is 2.42. The molecule has 0 bridgehead atoms. The van der Waals surface area contributed by atoms with Crippen LogP contribution in [0.15, 0.2) is 15.8 Å². The van der Waals surface area contributed by atoms with E-state index in [1.165, 1.54) is 20.2 Å². The van der Waals surface area contributed by atoms with Gasteiger partial charge in [-0.3, -0.25) is 9.36 Å². The Balaban J connectivity index is 2.53. The normalized spacial score (nSPS) is 23.1. The van der Waals surface area contributed by atoms with Gasteiger partial charge in [-0.25, -0.2) is 14.2 Å². The van der Waals surface area contributed by atoms with Gasteiger partial charge in [0.05, 0.1) is 6.61 Å². The number of aliphatic hydroxyl groups is 1. The molecule has 1 aromatic heterocycles. The molecule has 0 aliphatic carbocycles. The molecular weight excluding hydrogens is 526 g/mol. The average Bonchev–Trinajstić information content (AvgIpc) is 3.06. The van der Waals surface area contributed by atoms with Gasteiger partial charge in [-0.1, -0.05) is 41.5 Å². The van der Waals surface area contributed by atoms with Crippen LogP contribution in [-0.2, 0) is 29.8 Å². The van der Waals surface area contributed by atoms with Crippen LogP contribution in [-0.4, -0.2) is 68.8 Å². The number of aromatic nitrogens is 2. The fraction of sp³-hybridized carbons (Fsp3) is 0.800. The molecule has 13 heteroatoms. The Labute approximate surface area is 227 Å². The van der Waals surface area contributed by atoms with Crippen LogP contribution in [0.5, 0.6) is 0 Å². The smallest absolute Gasteiger partial charge is 0.344 e. The molecule has 1 saturated heterocycles. The van der Waals surface area contributed by atoms with Gasteiger partial charge in [0.2, 0.25) is 0 Å². The molecule has 0 amide bonds. The minimum Gasteiger partial charge on any atom is -0.414 e. The zero-order valence-corrected chi connectivity index (χ0v) is 27.0. The van der Waals surface area contributed by atoms with E-state index in [0.29, 0.717) is 0 Å². The number of carbonyl (C=O) groups is 1. The number of nitrogens with one attached hydrogen (secondary N) is 1. The molecule has 1 aromatic rings. The molecule has 4 atom stereocenters. The molecule has 2 rings (SSSR count). The number of carbonyl (C=O) groups excluding carboxylic acids is 1. The van der Waals surface area contributed by atoms with Crippen molar-refractivity contribution in [2.75, 3.05) is 13.7 Å². The van der Waals surface area contributed by atoms with Crippen LogP contribution in [0.3, 0.4) is 0 Å². The molecule has 0 unspecified atom stereocenters. The Kier molecular flexibility index (Phi) is 9.84. The largest absolute Gasteiger partial charge is 0.414 e. The Bertz CT molecular complexity index is 1120. The van der Waals surface area contributed by atoms with Crippen molar-refractivity contribution in [3.05, 3.63) is 32.6 Å². The Morgan fingerprint density at radius 2 is 1.63 bits per heavy atom. The first-order valence-electron chi connectivity index (χ1n) is 13.0. The van der Waals surface area contributed by atoms with Gasteiger partial charge in [-0.2, -0.15) is 5.48 Å². The second kappa shape index (κ2) is 11.5. The SMILES string of the molecule is CNOC(=O)Cn1c(=O)c(C)cn([C@@H]2O[C@H](CO[Si](C)(C)C(C)(C)C)[C@@H](O[Si](C)(C)C(C)(C)C)[C@H]2O)c1=O. The van der Waals surface area contributed by atoms with Crippen LogP contribution in [0.25, 0.3) is 0 Å². The number of rotatable bonds is 9. The van der Waals surface area contributed by atoms with Gasteiger partial charge in [0, 0.05) is 18.8 Å². The number of hydrogen-bond acceptors (Lipinski definition) is 9. The van der Waals surface area contributed by atoms with Gasteiger partial charge in [0.1, 0.15) is 24.9 Å². The number of hydroxylamine groups is 1. The topological polar surface area (TPSA) is 130 Å². The summed E-state index contributed by atoms with van der Waals surface area (Å²) >= 11 is 0. The molecule has 0 spiro atoms. The van der Waals surface area contributed by atoms with Gasteiger partial charge in [0.25, 0.3) is 5.56 Å². The molecule has 218 valence electrons. The van der Waals surface area contributed by atoms with Crippen LogP contribution in [0.1, 0.15) is 53.3 Å². The molecule has 2 heterocycles. The minimum atomic E-state index is -2.37. The van der Waals surface area contributed by atoms with E-state index >= 15 is 0 Å². The molecule has 0 saturated carbocycles. The van der Waals surface area contributed by atoms with E-state index in [9.17, 15) is 19.5 Å². The lowest BCUT2D eigenvalue weighted by atomic mass is 10.1. The third-order valence-electron chi connectivity index (χ3n) is 8.11. The van der Waals surface area contributed by atoms with Gasteiger partial charge >= 0.3 is 11.7 Å². The summed E-state index contributed by atoms with van der Waals surface area (Å²) in [6.07, 6.45) is -2.42. The van der Waals surface area contributed by atoms with Gasteiger partial charge in [-0.15, -0.1) is 0 Å². The number of hydrogen-bond donors (Lipinski definition) is 2. The van der Waals surface area contributed by atoms with Crippen LogP contribution in [0, 0.1) is 6.92 Å². The van der Waals surface area contributed by atoms with Crippen molar-refractivity contribution in [2.45, 2.75) is 116 Å². The fourth-order valence-corrected chi connectivity index (χ4v) is 5.95. The summed E-state index contributed by atoms with van der Waals surface area (Å²) in [5.41, 5.74) is 1.02. The van der Waals surface area contributed by atoms with Gasteiger partial charge in [-0.05, 0) is 43.2 Å². The van der Waals surface area contributed by atoms with Crippen molar-refractivity contribution < 1.29 is 28.3 Å². The van der Waals surface area contributed by atoms with Crippen molar-refractivity contribution in [1.82, 2.24) is 14.6 Å². The van der Waals surface area contributed by atoms with Gasteiger partial charge < -0.3 is 23.5 Å². The van der Waals surface area contributed by atoms with E-state index in [1.807, 2.05) is 0 Å². The van der Waals surface area contributed by atoms with E-state index in [1.54, 1.807) is 0 Å². The number of aliphatic hydroxyl groups excluding tert-OH is 1. The van der Waals surface area contributed by atoms with Gasteiger partial charge in [0.15, 0.2) is 22.9 Å². The van der Waals surface area contributed by atoms with Crippen molar-refractivity contribution in [3.8, 4) is 0 Å². The molecule has 1 aliphatic rings. The second-order valence-corrected chi connectivity index (χ2v) is 22.6. The van der Waals surface area contributed by atoms with E-state index in [-0.39, 0.29) is 22.2 Å². The first-order chi connectivity index (χ1) is 17.1. The molecule has 1 aliphatic heterocycles. The highest BCUT2D eigenvalue weighted by Gasteiger charge is 2.51. The fourth-order valence-electron chi connectivity index (χ4n) is 3.61. The number of ether oxygens (including phenoxy) is 1. The molecular formula is C25H47N3O8Si2. The zero-order chi connectivity index (χ0) is 29.4. The molecule has 0 aromatic carbocycles. The molecule has 1 fully saturated rings. The predicted octanol–water partition coefficient (Wildman–Crippen LogP) is 2.67. The Morgan fingerprint density at radius 1 is 1.08 bits per heavy atom. The maximum absolute atomic E-state index is 13.4. The van der Waals surface area contributed by atoms with Crippen LogP contribution >= 0.6 is 0 Å². The summed E-state index contributed by atoms with van der Waals surface area (Å²) in [6.45, 7) is 22.3. The Morgan fingerprint density at radius 3 is 2.13 bits per heavy atom. The first kappa shape index (κ1) is 32.6. The van der Waals surface area contributed by atoms with E-state index < -0.39 is 64.9 Å². The highest BCUT2D eigenvalue weighted by atomic mass is 28.4. The summed E-state index contributed by atoms with van der Waals surface area (Å²) in [5, 5.41) is 11.3. The summed E-state index contributed by atoms with van der Waals surface area (Å²) < 4.78 is 21.3. The lowest BCUT2D eigenvalue weighted by Crippen LogP contribution is -2.51. The van der Waals surface area contributed by atoms with E-state index in [0.717, 1.165) is 9.13 Å². The van der Waals surface area contributed by atoms with Crippen molar-refractivity contribution in [3.63, 3.8) is 0 Å². The monoisotopic (exact) mass is 573 g/mol. The quantitative estimate of drug-likeness (QED) is 0.338. The lowest BCUT2D eigenvalue weighted by Gasteiger charge is -2.41. The molecule has 0 radical (unpaired) electrons. The first-order valence-corrected chi connectivity index (χ1v) is 18.8. The highest BCUT2D eigenvalue weighted by molar-refractivity contribution is 6.74. The van der Waals surface area contributed by atoms with Crippen molar-refractivity contribution >= 4 is 22.6 Å². The van der Waals surface area contributed by atoms with E-state index in [4.69, 9.17) is 13.6 Å². The van der Waals surface area contributed by atoms with E-state index in [2.05, 4.69) is 78.0 Å². The van der Waals surface area contributed by atoms with Crippen molar-refractivity contribution in [1.29, 1.82) is 0 Å². The molecule has 2 N–H and O–H groups in total. The standard InChI is InChI=1S/C25H47N3O8Si2/c1-16-13-28(23(32)27(21(16)31)14-18(29)35-26-8)22-19(30)20(36-38(11,12)25(5,6)7)17(34-22)15-33-37(9,10)24(2,3)4/h13,17,19-20,22,26,30H,14-15H2,1-12H3/t17-,19-,20-,22-/m1/s1. The van der Waals surface area contributed by atoms with Crippen LogP contribution < -0.4 is 16.7 Å². The molecule has 11 nitrogen and oxygen atoms in total. The molecule has 38 heavy (non-hydrogen) atoms. The summed E-state index contributed by atoms with van der Waals surface area (Å²) in [6, 6.07) is 0. The van der Waals surface area contributed by atoms with Crippen LogP contribution in [0.2, 0.25) is 36.3 Å². The number of aryl methyl sites for hydroxylation is 1. The zero-order valence-electron chi connectivity index (χ0n) is 25.0. The number of nitrogens with zero attached hydrogens (tertiary/aromatic N) is 2. The third kappa shape index (κ3) is 6.93. The maximum atomic E-state index is 13.4. The summed E-state index contributed by atoms with van der Waals surface area (Å²) in [5.74, 6) is -0.809. The Hall–Kier alpha value is -1.62. The van der Waals surface area contributed by atoms with Crippen molar-refractivity contribution in [2.24, 2.45) is 0 Å². The maximum Gasteiger partial charge on any atom is 0.344 e. The predicted molar refractivity (Wildman–Crippen MR) is 150 cm³/mol. The lowest BCUT2D eigenvalue weighted by molar-refractivity contribution is -0.150. The second-order valence-electron chi connectivity index (χ2n) is 13.0. The minimum absolute atomic E-state index is 0.0368. The van der Waals surface area contributed by atoms with Crippen LogP contribution in [0.4, 0.5) is 0 Å². The third-order valence-corrected chi connectivity index (χ3v) is 17.1. The summed E-state index contributed by atoms with van der Waals surface area (Å²) in [4.78, 5) is 42.8. The average molecular weight is 574 g/mol.